The molecule has 0 aromatic carbocycles. The number of carbonyl (C=O) groups is 1. The van der Waals surface area contributed by atoms with Crippen molar-refractivity contribution in [2.75, 3.05) is 0 Å². The molecule has 2 heterocycles. The molecule has 0 bridgehead atoms. The van der Waals surface area contributed by atoms with E-state index in [1.165, 1.54) is 0 Å². The minimum absolute atomic E-state index is 0.0117. The van der Waals surface area contributed by atoms with Crippen molar-refractivity contribution in [3.8, 4) is 11.4 Å². The number of pyridine rings is 1. The summed E-state index contributed by atoms with van der Waals surface area (Å²) < 4.78 is 0. The van der Waals surface area contributed by atoms with Crippen LogP contribution >= 0.6 is 0 Å². The fraction of sp³-hybridized carbons (Fsp3) is 0.412. The zero-order valence-corrected chi connectivity index (χ0v) is 12.9. The molecule has 0 saturated heterocycles. The molecule has 1 unspecified atom stereocenters. The average Bonchev–Trinajstić information content (AvgIpc) is 2.55. The Morgan fingerprint density at radius 3 is 2.82 bits per heavy atom. The Morgan fingerprint density at radius 2 is 2.09 bits per heavy atom. The van der Waals surface area contributed by atoms with Gasteiger partial charge in [0.25, 0.3) is 0 Å². The summed E-state index contributed by atoms with van der Waals surface area (Å²) in [6.45, 7) is 3.81. The Hall–Kier alpha value is -2.30. The molecule has 0 fully saturated rings. The predicted molar refractivity (Wildman–Crippen MR) is 83.9 cm³/mol. The van der Waals surface area contributed by atoms with Crippen molar-refractivity contribution in [3.05, 3.63) is 42.0 Å². The Labute approximate surface area is 130 Å². The number of aryl methyl sites for hydroxylation is 1. The molecule has 0 aliphatic heterocycles. The summed E-state index contributed by atoms with van der Waals surface area (Å²) in [5, 5.41) is 3.10. The lowest BCUT2D eigenvalue weighted by Crippen LogP contribution is -2.34. The van der Waals surface area contributed by atoms with E-state index in [9.17, 15) is 4.79 Å². The molecule has 1 atom stereocenters. The molecule has 0 spiro atoms. The van der Waals surface area contributed by atoms with Gasteiger partial charge in [0.05, 0.1) is 6.04 Å². The van der Waals surface area contributed by atoms with Gasteiger partial charge in [0.2, 0.25) is 5.91 Å². The first-order valence-corrected chi connectivity index (χ1v) is 7.71. The molecular weight excluding hydrogens is 276 g/mol. The van der Waals surface area contributed by atoms with E-state index in [-0.39, 0.29) is 17.9 Å². The summed E-state index contributed by atoms with van der Waals surface area (Å²) in [6, 6.07) is 3.84. The van der Waals surface area contributed by atoms with Crippen LogP contribution in [0.4, 0.5) is 0 Å². The highest BCUT2D eigenvalue weighted by molar-refractivity contribution is 5.78. The lowest BCUT2D eigenvalue weighted by atomic mass is 9.92. The summed E-state index contributed by atoms with van der Waals surface area (Å²) in [5.41, 5.74) is 3.06. The van der Waals surface area contributed by atoms with Gasteiger partial charge in [0.15, 0.2) is 5.82 Å². The molecule has 5 nitrogen and oxygen atoms in total. The van der Waals surface area contributed by atoms with Crippen molar-refractivity contribution < 1.29 is 4.79 Å². The van der Waals surface area contributed by atoms with Crippen molar-refractivity contribution in [1.82, 2.24) is 20.3 Å². The van der Waals surface area contributed by atoms with Gasteiger partial charge in [-0.15, -0.1) is 0 Å². The lowest BCUT2D eigenvalue weighted by Gasteiger charge is -2.26. The molecule has 22 heavy (non-hydrogen) atoms. The Morgan fingerprint density at radius 1 is 1.32 bits per heavy atom. The van der Waals surface area contributed by atoms with Gasteiger partial charge in [0, 0.05) is 41.3 Å². The maximum Gasteiger partial charge on any atom is 0.223 e. The van der Waals surface area contributed by atoms with Gasteiger partial charge < -0.3 is 5.32 Å². The van der Waals surface area contributed by atoms with Gasteiger partial charge in [-0.1, -0.05) is 13.8 Å². The third-order valence-corrected chi connectivity index (χ3v) is 3.96. The largest absolute Gasteiger partial charge is 0.349 e. The topological polar surface area (TPSA) is 67.8 Å². The Balaban J connectivity index is 1.88. The molecule has 114 valence electrons. The van der Waals surface area contributed by atoms with Crippen LogP contribution in [0.15, 0.2) is 30.7 Å². The van der Waals surface area contributed by atoms with Gasteiger partial charge in [0.1, 0.15) is 0 Å². The molecule has 0 radical (unpaired) electrons. The quantitative estimate of drug-likeness (QED) is 0.945. The Kier molecular flexibility index (Phi) is 4.13. The molecule has 1 amide bonds. The molecule has 1 aliphatic rings. The summed E-state index contributed by atoms with van der Waals surface area (Å²) in [7, 11) is 0. The normalized spacial score (nSPS) is 17.1. The van der Waals surface area contributed by atoms with Crippen molar-refractivity contribution in [2.45, 2.75) is 39.2 Å². The SMILES string of the molecule is CC(C)C(=O)NC1CCCc2nc(-c3ccncc3)ncc21. The molecule has 1 aliphatic carbocycles. The van der Waals surface area contributed by atoms with E-state index < -0.39 is 0 Å². The summed E-state index contributed by atoms with van der Waals surface area (Å²) in [5.74, 6) is 0.787. The standard InChI is InChI=1S/C17H20N4O/c1-11(2)17(22)21-15-5-3-4-14-13(15)10-19-16(20-14)12-6-8-18-9-7-12/h6-11,15H,3-5H2,1-2H3,(H,21,22). The highest BCUT2D eigenvalue weighted by atomic mass is 16.1. The number of fused-ring (bicyclic) bond motifs is 1. The van der Waals surface area contributed by atoms with E-state index in [4.69, 9.17) is 4.98 Å². The molecule has 2 aromatic rings. The zero-order valence-electron chi connectivity index (χ0n) is 12.9. The minimum atomic E-state index is -0.0117. The van der Waals surface area contributed by atoms with E-state index in [0.29, 0.717) is 0 Å². The third kappa shape index (κ3) is 2.98. The van der Waals surface area contributed by atoms with Crippen LogP contribution in [0.25, 0.3) is 11.4 Å². The third-order valence-electron chi connectivity index (χ3n) is 3.96. The van der Waals surface area contributed by atoms with Gasteiger partial charge >= 0.3 is 0 Å². The van der Waals surface area contributed by atoms with Crippen LogP contribution in [-0.4, -0.2) is 20.9 Å². The van der Waals surface area contributed by atoms with Crippen molar-refractivity contribution in [2.24, 2.45) is 5.92 Å². The van der Waals surface area contributed by atoms with E-state index in [0.717, 1.165) is 41.9 Å². The predicted octanol–water partition coefficient (Wildman–Crippen LogP) is 2.69. The number of carbonyl (C=O) groups excluding carboxylic acids is 1. The molecular formula is C17H20N4O. The lowest BCUT2D eigenvalue weighted by molar-refractivity contribution is -0.124. The number of nitrogens with one attached hydrogen (secondary N) is 1. The van der Waals surface area contributed by atoms with Crippen LogP contribution in [0, 0.1) is 5.92 Å². The minimum Gasteiger partial charge on any atom is -0.349 e. The first-order valence-electron chi connectivity index (χ1n) is 7.71. The molecule has 3 rings (SSSR count). The number of aromatic nitrogens is 3. The van der Waals surface area contributed by atoms with E-state index in [1.807, 2.05) is 32.2 Å². The molecule has 5 heteroatoms. The van der Waals surface area contributed by atoms with Crippen molar-refractivity contribution in [1.29, 1.82) is 0 Å². The van der Waals surface area contributed by atoms with E-state index in [1.54, 1.807) is 12.4 Å². The van der Waals surface area contributed by atoms with E-state index in [2.05, 4.69) is 15.3 Å². The first kappa shape index (κ1) is 14.6. The summed E-state index contributed by atoms with van der Waals surface area (Å²) in [4.78, 5) is 25.1. The maximum absolute atomic E-state index is 12.0. The van der Waals surface area contributed by atoms with Crippen LogP contribution in [0.5, 0.6) is 0 Å². The van der Waals surface area contributed by atoms with Crippen molar-refractivity contribution >= 4 is 5.91 Å². The molecule has 0 saturated carbocycles. The fourth-order valence-electron chi connectivity index (χ4n) is 2.68. The Bertz CT molecular complexity index is 670. The number of hydrogen-bond acceptors (Lipinski definition) is 4. The smallest absolute Gasteiger partial charge is 0.223 e. The van der Waals surface area contributed by atoms with Crippen LogP contribution in [-0.2, 0) is 11.2 Å². The van der Waals surface area contributed by atoms with E-state index >= 15 is 0 Å². The maximum atomic E-state index is 12.0. The van der Waals surface area contributed by atoms with Crippen molar-refractivity contribution in [3.63, 3.8) is 0 Å². The second-order valence-electron chi connectivity index (χ2n) is 5.94. The van der Waals surface area contributed by atoms with Gasteiger partial charge in [-0.2, -0.15) is 0 Å². The van der Waals surface area contributed by atoms with Gasteiger partial charge in [-0.25, -0.2) is 9.97 Å². The number of hydrogen-bond donors (Lipinski definition) is 1. The number of rotatable bonds is 3. The van der Waals surface area contributed by atoms with Gasteiger partial charge in [-0.3, -0.25) is 9.78 Å². The highest BCUT2D eigenvalue weighted by Crippen LogP contribution is 2.29. The number of amides is 1. The fourth-order valence-corrected chi connectivity index (χ4v) is 2.68. The van der Waals surface area contributed by atoms with Gasteiger partial charge in [-0.05, 0) is 31.4 Å². The second kappa shape index (κ2) is 6.22. The van der Waals surface area contributed by atoms with Crippen LogP contribution in [0.3, 0.4) is 0 Å². The van der Waals surface area contributed by atoms with Crippen LogP contribution in [0.2, 0.25) is 0 Å². The molecule has 2 aromatic heterocycles. The summed E-state index contributed by atoms with van der Waals surface area (Å²) in [6.07, 6.45) is 8.26. The monoisotopic (exact) mass is 296 g/mol. The second-order valence-corrected chi connectivity index (χ2v) is 5.94. The molecule has 1 N–H and O–H groups in total. The highest BCUT2D eigenvalue weighted by Gasteiger charge is 2.24. The van der Waals surface area contributed by atoms with Crippen LogP contribution in [0.1, 0.15) is 44.0 Å². The van der Waals surface area contributed by atoms with Crippen LogP contribution < -0.4 is 5.32 Å². The number of nitrogens with zero attached hydrogens (tertiary/aromatic N) is 3. The first-order chi connectivity index (χ1) is 10.6. The average molecular weight is 296 g/mol. The zero-order chi connectivity index (χ0) is 15.5. The summed E-state index contributed by atoms with van der Waals surface area (Å²) >= 11 is 0.